The molecule has 2 atom stereocenters. The zero-order valence-corrected chi connectivity index (χ0v) is 16.3. The molecule has 2 amide bonds. The van der Waals surface area contributed by atoms with Crippen LogP contribution in [0.3, 0.4) is 0 Å². The number of aromatic nitrogens is 4. The first-order valence-corrected chi connectivity index (χ1v) is 9.56. The van der Waals surface area contributed by atoms with Crippen LogP contribution in [0, 0.1) is 12.8 Å². The van der Waals surface area contributed by atoms with Gasteiger partial charge in [0.1, 0.15) is 5.82 Å². The average molecular weight is 393 g/mol. The van der Waals surface area contributed by atoms with Gasteiger partial charge in [-0.1, -0.05) is 13.0 Å². The topological polar surface area (TPSA) is 130 Å². The molecule has 9 heteroatoms. The second kappa shape index (κ2) is 7.50. The zero-order chi connectivity index (χ0) is 20.5. The Bertz CT molecular complexity index is 1060. The van der Waals surface area contributed by atoms with Gasteiger partial charge in [-0.25, -0.2) is 4.98 Å². The van der Waals surface area contributed by atoms with Gasteiger partial charge in [-0.3, -0.25) is 19.7 Å². The van der Waals surface area contributed by atoms with Crippen LogP contribution in [-0.4, -0.2) is 43.4 Å². The van der Waals surface area contributed by atoms with Crippen molar-refractivity contribution in [1.29, 1.82) is 0 Å². The fourth-order valence-electron chi connectivity index (χ4n) is 3.75. The van der Waals surface area contributed by atoms with Crippen LogP contribution in [-0.2, 0) is 9.59 Å². The van der Waals surface area contributed by atoms with Crippen LogP contribution in [0.25, 0.3) is 10.9 Å². The number of nitrogens with zero attached hydrogens (tertiary/aromatic N) is 4. The number of hydrogen-bond acceptors (Lipinski definition) is 6. The minimum Gasteiger partial charge on any atom is -0.383 e. The molecule has 3 aromatic heterocycles. The summed E-state index contributed by atoms with van der Waals surface area (Å²) in [6.45, 7) is 4.52. The summed E-state index contributed by atoms with van der Waals surface area (Å²) in [7, 11) is 0. The number of carbonyl (C=O) groups is 2. The first kappa shape index (κ1) is 18.9. The number of anilines is 2. The molecule has 1 fully saturated rings. The van der Waals surface area contributed by atoms with E-state index in [9.17, 15) is 9.59 Å². The van der Waals surface area contributed by atoms with E-state index in [0.717, 1.165) is 24.1 Å². The summed E-state index contributed by atoms with van der Waals surface area (Å²) >= 11 is 0. The number of aromatic amines is 1. The summed E-state index contributed by atoms with van der Waals surface area (Å²) in [4.78, 5) is 35.9. The minimum absolute atomic E-state index is 0.172. The van der Waals surface area contributed by atoms with Gasteiger partial charge in [0, 0.05) is 18.4 Å². The Kier molecular flexibility index (Phi) is 4.87. The van der Waals surface area contributed by atoms with Crippen molar-refractivity contribution in [3.8, 4) is 0 Å². The van der Waals surface area contributed by atoms with Crippen molar-refractivity contribution >= 4 is 34.2 Å². The van der Waals surface area contributed by atoms with Crippen LogP contribution >= 0.6 is 0 Å². The molecule has 1 aliphatic heterocycles. The predicted octanol–water partition coefficient (Wildman–Crippen LogP) is 2.18. The van der Waals surface area contributed by atoms with Crippen molar-refractivity contribution in [3.63, 3.8) is 0 Å². The quantitative estimate of drug-likeness (QED) is 0.572. The largest absolute Gasteiger partial charge is 0.383 e. The van der Waals surface area contributed by atoms with Gasteiger partial charge >= 0.3 is 11.8 Å². The number of H-pyrrole nitrogens is 1. The Balaban J connectivity index is 1.58. The van der Waals surface area contributed by atoms with Crippen LogP contribution in [0.4, 0.5) is 11.5 Å². The number of nitrogens with one attached hydrogen (secondary N) is 2. The van der Waals surface area contributed by atoms with Crippen molar-refractivity contribution in [3.05, 3.63) is 42.0 Å². The van der Waals surface area contributed by atoms with E-state index in [-0.39, 0.29) is 6.04 Å². The number of hydrogen-bond donors (Lipinski definition) is 3. The van der Waals surface area contributed by atoms with E-state index in [0.29, 0.717) is 34.9 Å². The van der Waals surface area contributed by atoms with Gasteiger partial charge < -0.3 is 16.0 Å². The number of amides is 2. The lowest BCUT2D eigenvalue weighted by Gasteiger charge is -2.38. The van der Waals surface area contributed by atoms with Crippen molar-refractivity contribution in [2.45, 2.75) is 32.7 Å². The van der Waals surface area contributed by atoms with E-state index in [1.54, 1.807) is 11.1 Å². The molecule has 0 bridgehead atoms. The molecule has 4 rings (SSSR count). The third-order valence-electron chi connectivity index (χ3n) is 5.36. The normalized spacial score (nSPS) is 19.3. The molecule has 4 heterocycles. The van der Waals surface area contributed by atoms with Crippen LogP contribution in [0.1, 0.15) is 37.1 Å². The summed E-state index contributed by atoms with van der Waals surface area (Å²) in [6.07, 6.45) is 6.51. The number of pyridine rings is 2. The fourth-order valence-corrected chi connectivity index (χ4v) is 3.75. The second-order valence-corrected chi connectivity index (χ2v) is 7.56. The summed E-state index contributed by atoms with van der Waals surface area (Å²) in [5.74, 6) is -0.674. The van der Waals surface area contributed by atoms with Gasteiger partial charge in [0.05, 0.1) is 35.0 Å². The summed E-state index contributed by atoms with van der Waals surface area (Å²) in [5, 5.41) is 9.96. The average Bonchev–Trinajstić information content (AvgIpc) is 3.21. The molecule has 150 valence electrons. The molecule has 0 aromatic carbocycles. The number of aryl methyl sites for hydroxylation is 1. The lowest BCUT2D eigenvalue weighted by Crippen LogP contribution is -2.46. The van der Waals surface area contributed by atoms with E-state index >= 15 is 0 Å². The molecular weight excluding hydrogens is 370 g/mol. The highest BCUT2D eigenvalue weighted by Gasteiger charge is 2.34. The number of nitrogens with two attached hydrogens (primary N) is 1. The minimum atomic E-state index is -0.716. The molecule has 1 saturated heterocycles. The summed E-state index contributed by atoms with van der Waals surface area (Å²) < 4.78 is 0. The maximum atomic E-state index is 13.1. The Morgan fingerprint density at radius 2 is 2.03 bits per heavy atom. The van der Waals surface area contributed by atoms with Crippen molar-refractivity contribution in [2.24, 2.45) is 5.92 Å². The van der Waals surface area contributed by atoms with Gasteiger partial charge in [0.25, 0.3) is 0 Å². The highest BCUT2D eigenvalue weighted by atomic mass is 16.2. The number of fused-ring (bicyclic) bond motifs is 1. The maximum absolute atomic E-state index is 13.1. The maximum Gasteiger partial charge on any atom is 0.314 e. The van der Waals surface area contributed by atoms with E-state index in [1.807, 2.05) is 19.1 Å². The van der Waals surface area contributed by atoms with Crippen LogP contribution in [0.15, 0.2) is 30.7 Å². The molecule has 29 heavy (non-hydrogen) atoms. The molecule has 0 aliphatic carbocycles. The number of piperidine rings is 1. The van der Waals surface area contributed by atoms with Gasteiger partial charge in [-0.2, -0.15) is 5.10 Å². The molecule has 0 saturated carbocycles. The SMILES string of the molecule is Cc1ccc(C2CCC(C)CN2C(=O)C(=O)Nc2cnc(N)c3cn[nH]c23)cn1. The molecule has 3 aromatic rings. The van der Waals surface area contributed by atoms with E-state index < -0.39 is 11.8 Å². The lowest BCUT2D eigenvalue weighted by molar-refractivity contribution is -0.146. The standard InChI is InChI=1S/C20H23N7O2/c1-11-3-6-16(13-5-4-12(2)22-7-13)27(10-11)20(29)19(28)25-15-9-23-18(21)14-8-24-26-17(14)15/h4-5,7-9,11,16H,3,6,10H2,1-2H3,(H2,21,23)(H,24,26)(H,25,28). The summed E-state index contributed by atoms with van der Waals surface area (Å²) in [6, 6.07) is 3.72. The molecule has 1 aliphatic rings. The second-order valence-electron chi connectivity index (χ2n) is 7.56. The zero-order valence-electron chi connectivity index (χ0n) is 16.3. The highest BCUT2D eigenvalue weighted by molar-refractivity contribution is 6.40. The predicted molar refractivity (Wildman–Crippen MR) is 109 cm³/mol. The molecule has 4 N–H and O–H groups in total. The number of nitrogen functional groups attached to an aromatic ring is 1. The molecule has 9 nitrogen and oxygen atoms in total. The number of likely N-dealkylation sites (tertiary alicyclic amines) is 1. The lowest BCUT2D eigenvalue weighted by atomic mass is 9.90. The van der Waals surface area contributed by atoms with Gasteiger partial charge in [-0.15, -0.1) is 0 Å². The summed E-state index contributed by atoms with van der Waals surface area (Å²) in [5.41, 5.74) is 8.57. The molecular formula is C20H23N7O2. The Hall–Kier alpha value is -3.49. The van der Waals surface area contributed by atoms with Gasteiger partial charge in [-0.05, 0) is 37.3 Å². The van der Waals surface area contributed by atoms with Gasteiger partial charge in [0.15, 0.2) is 0 Å². The Labute approximate surface area is 167 Å². The number of carbonyl (C=O) groups excluding carboxylic acids is 2. The van der Waals surface area contributed by atoms with E-state index in [4.69, 9.17) is 5.73 Å². The van der Waals surface area contributed by atoms with E-state index in [2.05, 4.69) is 32.4 Å². The van der Waals surface area contributed by atoms with Gasteiger partial charge in [0.2, 0.25) is 0 Å². The fraction of sp³-hybridized carbons (Fsp3) is 0.350. The molecule has 0 spiro atoms. The third kappa shape index (κ3) is 3.63. The van der Waals surface area contributed by atoms with Crippen molar-refractivity contribution < 1.29 is 9.59 Å². The van der Waals surface area contributed by atoms with Crippen molar-refractivity contribution in [2.75, 3.05) is 17.6 Å². The van der Waals surface area contributed by atoms with E-state index in [1.165, 1.54) is 12.4 Å². The Morgan fingerprint density at radius 1 is 1.21 bits per heavy atom. The molecule has 0 radical (unpaired) electrons. The smallest absolute Gasteiger partial charge is 0.314 e. The first-order valence-electron chi connectivity index (χ1n) is 9.56. The monoisotopic (exact) mass is 393 g/mol. The Morgan fingerprint density at radius 3 is 2.79 bits per heavy atom. The van der Waals surface area contributed by atoms with Crippen molar-refractivity contribution in [1.82, 2.24) is 25.1 Å². The van der Waals surface area contributed by atoms with Crippen LogP contribution in [0.5, 0.6) is 0 Å². The first-order chi connectivity index (χ1) is 13.9. The highest BCUT2D eigenvalue weighted by Crippen LogP contribution is 2.33. The molecule has 2 unspecified atom stereocenters. The van der Waals surface area contributed by atoms with Crippen LogP contribution in [0.2, 0.25) is 0 Å². The van der Waals surface area contributed by atoms with Crippen LogP contribution < -0.4 is 11.1 Å². The third-order valence-corrected chi connectivity index (χ3v) is 5.36. The number of rotatable bonds is 2.